The Bertz CT molecular complexity index is 676. The van der Waals surface area contributed by atoms with Crippen LogP contribution >= 0.6 is 0 Å². The highest BCUT2D eigenvalue weighted by Gasteiger charge is 2.27. The number of rotatable bonds is 6. The van der Waals surface area contributed by atoms with Gasteiger partial charge in [0.2, 0.25) is 15.9 Å². The number of amides is 1. The minimum Gasteiger partial charge on any atom is -0.477 e. The quantitative estimate of drug-likeness (QED) is 0.742. The highest BCUT2D eigenvalue weighted by molar-refractivity contribution is 7.89. The molecule has 0 saturated carbocycles. The molecule has 1 fully saturated rings. The first-order chi connectivity index (χ1) is 10.8. The Labute approximate surface area is 134 Å². The van der Waals surface area contributed by atoms with Crippen molar-refractivity contribution in [1.29, 1.82) is 0 Å². The maximum absolute atomic E-state index is 12.2. The van der Waals surface area contributed by atoms with Crippen LogP contribution in [0, 0.1) is 0 Å². The monoisotopic (exact) mass is 344 g/mol. The van der Waals surface area contributed by atoms with Crippen molar-refractivity contribution in [2.24, 2.45) is 0 Å². The van der Waals surface area contributed by atoms with Gasteiger partial charge in [0.1, 0.15) is 5.69 Å². The van der Waals surface area contributed by atoms with Crippen LogP contribution in [0.25, 0.3) is 0 Å². The van der Waals surface area contributed by atoms with E-state index in [1.807, 2.05) is 0 Å². The molecule has 9 nitrogen and oxygen atoms in total. The summed E-state index contributed by atoms with van der Waals surface area (Å²) < 4.78 is 26.2. The van der Waals surface area contributed by atoms with E-state index in [2.05, 4.69) is 5.10 Å². The smallest absolute Gasteiger partial charge is 0.354 e. The summed E-state index contributed by atoms with van der Waals surface area (Å²) in [7, 11) is -3.22. The number of aromatic carboxylic acids is 1. The summed E-state index contributed by atoms with van der Waals surface area (Å²) in [5, 5.41) is 12.9. The van der Waals surface area contributed by atoms with E-state index < -0.39 is 16.0 Å². The van der Waals surface area contributed by atoms with Gasteiger partial charge in [0.05, 0.1) is 12.3 Å². The zero-order chi connectivity index (χ0) is 17.0. The number of carboxylic acid groups (broad SMARTS) is 1. The second kappa shape index (κ2) is 7.09. The Morgan fingerprint density at radius 1 is 1.26 bits per heavy atom. The van der Waals surface area contributed by atoms with Crippen molar-refractivity contribution in [2.75, 3.05) is 31.9 Å². The van der Waals surface area contributed by atoms with Gasteiger partial charge in [0, 0.05) is 38.8 Å². The zero-order valence-corrected chi connectivity index (χ0v) is 13.7. The van der Waals surface area contributed by atoms with E-state index in [-0.39, 0.29) is 30.3 Å². The number of aromatic nitrogens is 2. The van der Waals surface area contributed by atoms with Gasteiger partial charge in [-0.25, -0.2) is 13.2 Å². The van der Waals surface area contributed by atoms with Crippen LogP contribution < -0.4 is 0 Å². The molecule has 128 valence electrons. The molecule has 0 bridgehead atoms. The molecule has 2 heterocycles. The molecule has 1 saturated heterocycles. The van der Waals surface area contributed by atoms with E-state index in [9.17, 15) is 18.0 Å². The van der Waals surface area contributed by atoms with Crippen molar-refractivity contribution in [1.82, 2.24) is 19.0 Å². The molecule has 1 amide bonds. The summed E-state index contributed by atoms with van der Waals surface area (Å²) in [6.45, 7) is 3.07. The second-order valence-electron chi connectivity index (χ2n) is 5.18. The summed E-state index contributed by atoms with van der Waals surface area (Å²) in [6.07, 6.45) is 1.50. The number of carbonyl (C=O) groups excluding carboxylic acids is 1. The van der Waals surface area contributed by atoms with Crippen LogP contribution in [0.4, 0.5) is 0 Å². The van der Waals surface area contributed by atoms with Crippen molar-refractivity contribution < 1.29 is 23.1 Å². The third-order valence-electron chi connectivity index (χ3n) is 3.82. The molecule has 1 aliphatic heterocycles. The Kier molecular flexibility index (Phi) is 5.37. The summed E-state index contributed by atoms with van der Waals surface area (Å²) in [5.74, 6) is -1.17. The van der Waals surface area contributed by atoms with E-state index in [1.165, 1.54) is 21.3 Å². The fourth-order valence-electron chi connectivity index (χ4n) is 2.45. The van der Waals surface area contributed by atoms with Crippen molar-refractivity contribution in [2.45, 2.75) is 19.9 Å². The molecule has 0 radical (unpaired) electrons. The van der Waals surface area contributed by atoms with Crippen LogP contribution in [0.15, 0.2) is 12.3 Å². The fraction of sp³-hybridized carbons (Fsp3) is 0.615. The van der Waals surface area contributed by atoms with Crippen LogP contribution in [-0.2, 0) is 21.4 Å². The lowest BCUT2D eigenvalue weighted by atomic mass is 10.3. The third kappa shape index (κ3) is 4.08. The molecule has 1 N–H and O–H groups in total. The number of carbonyl (C=O) groups is 2. The minimum atomic E-state index is -3.22. The van der Waals surface area contributed by atoms with Crippen LogP contribution in [0.2, 0.25) is 0 Å². The first-order valence-electron chi connectivity index (χ1n) is 7.36. The van der Waals surface area contributed by atoms with Crippen LogP contribution in [-0.4, -0.2) is 76.3 Å². The van der Waals surface area contributed by atoms with Gasteiger partial charge in [-0.2, -0.15) is 9.40 Å². The molecule has 1 aliphatic rings. The highest BCUT2D eigenvalue weighted by Crippen LogP contribution is 2.10. The predicted molar refractivity (Wildman–Crippen MR) is 81.4 cm³/mol. The summed E-state index contributed by atoms with van der Waals surface area (Å²) in [4.78, 5) is 24.7. The topological polar surface area (TPSA) is 113 Å². The molecule has 10 heteroatoms. The molecular weight excluding hydrogens is 324 g/mol. The molecule has 1 aromatic heterocycles. The Hall–Kier alpha value is -1.94. The molecule has 0 spiro atoms. The molecule has 23 heavy (non-hydrogen) atoms. The number of hydrogen-bond acceptors (Lipinski definition) is 5. The lowest BCUT2D eigenvalue weighted by molar-refractivity contribution is -0.132. The SMILES string of the molecule is CCS(=O)(=O)N1CCN(C(=O)CCn2nccc2C(=O)O)CC1. The molecule has 2 rings (SSSR count). The van der Waals surface area contributed by atoms with Gasteiger partial charge in [-0.15, -0.1) is 0 Å². The van der Waals surface area contributed by atoms with Gasteiger partial charge in [-0.05, 0) is 13.0 Å². The molecular formula is C13H20N4O5S. The maximum Gasteiger partial charge on any atom is 0.354 e. The number of nitrogens with zero attached hydrogens (tertiary/aromatic N) is 4. The summed E-state index contributed by atoms with van der Waals surface area (Å²) in [6, 6.07) is 1.38. The minimum absolute atomic E-state index is 0.0386. The summed E-state index contributed by atoms with van der Waals surface area (Å²) >= 11 is 0. The van der Waals surface area contributed by atoms with Gasteiger partial charge >= 0.3 is 5.97 Å². The van der Waals surface area contributed by atoms with Gasteiger partial charge < -0.3 is 10.0 Å². The number of piperazine rings is 1. The number of aryl methyl sites for hydroxylation is 1. The lowest BCUT2D eigenvalue weighted by Crippen LogP contribution is -2.51. The van der Waals surface area contributed by atoms with E-state index in [1.54, 1.807) is 11.8 Å². The zero-order valence-electron chi connectivity index (χ0n) is 12.9. The van der Waals surface area contributed by atoms with Gasteiger partial charge in [-0.1, -0.05) is 0 Å². The van der Waals surface area contributed by atoms with Gasteiger partial charge in [0.15, 0.2) is 0 Å². The second-order valence-corrected chi connectivity index (χ2v) is 7.43. The van der Waals surface area contributed by atoms with Crippen molar-refractivity contribution in [3.05, 3.63) is 18.0 Å². The van der Waals surface area contributed by atoms with Crippen molar-refractivity contribution in [3.63, 3.8) is 0 Å². The number of carboxylic acids is 1. The van der Waals surface area contributed by atoms with Crippen LogP contribution in [0.3, 0.4) is 0 Å². The predicted octanol–water partition coefficient (Wildman–Crippen LogP) is -0.535. The van der Waals surface area contributed by atoms with Crippen LogP contribution in [0.1, 0.15) is 23.8 Å². The third-order valence-corrected chi connectivity index (χ3v) is 5.70. The van der Waals surface area contributed by atoms with Gasteiger partial charge in [0.25, 0.3) is 0 Å². The first kappa shape index (κ1) is 17.4. The molecule has 0 atom stereocenters. The van der Waals surface area contributed by atoms with E-state index in [0.717, 1.165) is 0 Å². The molecule has 1 aromatic rings. The average molecular weight is 344 g/mol. The van der Waals surface area contributed by atoms with Crippen LogP contribution in [0.5, 0.6) is 0 Å². The Morgan fingerprint density at radius 2 is 1.91 bits per heavy atom. The standard InChI is InChI=1S/C13H20N4O5S/c1-2-23(21,22)16-9-7-15(8-10-16)12(18)4-6-17-11(13(19)20)3-5-14-17/h3,5H,2,4,6-10H2,1H3,(H,19,20). The lowest BCUT2D eigenvalue weighted by Gasteiger charge is -2.33. The Morgan fingerprint density at radius 3 is 2.48 bits per heavy atom. The largest absolute Gasteiger partial charge is 0.477 e. The average Bonchev–Trinajstić information content (AvgIpc) is 3.01. The van der Waals surface area contributed by atoms with E-state index in [4.69, 9.17) is 5.11 Å². The number of sulfonamides is 1. The molecule has 0 unspecified atom stereocenters. The van der Waals surface area contributed by atoms with E-state index in [0.29, 0.717) is 26.2 Å². The fourth-order valence-corrected chi connectivity index (χ4v) is 3.54. The number of hydrogen-bond donors (Lipinski definition) is 1. The molecule has 0 aliphatic carbocycles. The molecule has 0 aromatic carbocycles. The van der Waals surface area contributed by atoms with Crippen molar-refractivity contribution in [3.8, 4) is 0 Å². The van der Waals surface area contributed by atoms with Crippen molar-refractivity contribution >= 4 is 21.9 Å². The Balaban J connectivity index is 1.86. The first-order valence-corrected chi connectivity index (χ1v) is 8.96. The highest BCUT2D eigenvalue weighted by atomic mass is 32.2. The maximum atomic E-state index is 12.2. The van der Waals surface area contributed by atoms with Gasteiger partial charge in [-0.3, -0.25) is 9.48 Å². The normalized spacial score (nSPS) is 16.5. The summed E-state index contributed by atoms with van der Waals surface area (Å²) in [5.41, 5.74) is 0.0386. The van der Waals surface area contributed by atoms with E-state index >= 15 is 0 Å².